The second kappa shape index (κ2) is 12.9. The first-order valence-corrected chi connectivity index (χ1v) is 14.5. The molecule has 0 aliphatic heterocycles. The number of nitrogens with one attached hydrogen (secondary N) is 3. The number of aromatic amines is 2. The van der Waals surface area contributed by atoms with Crippen molar-refractivity contribution in [1.29, 1.82) is 0 Å². The van der Waals surface area contributed by atoms with Gasteiger partial charge < -0.3 is 20.0 Å². The molecule has 2 aromatic heterocycles. The van der Waals surface area contributed by atoms with Gasteiger partial charge in [0, 0.05) is 35.0 Å². The number of amides is 1. The Hall–Kier alpha value is -4.39. The Balaban J connectivity index is 1.34. The molecule has 0 fully saturated rings. The number of rotatable bonds is 13. The van der Waals surface area contributed by atoms with Crippen LogP contribution in [0.15, 0.2) is 66.9 Å². The lowest BCUT2D eigenvalue weighted by molar-refractivity contribution is -0.121. The van der Waals surface area contributed by atoms with Gasteiger partial charge in [-0.3, -0.25) is 9.59 Å². The summed E-state index contributed by atoms with van der Waals surface area (Å²) < 4.78 is 5.42. The number of hydrogen-bond acceptors (Lipinski definition) is 4. The van der Waals surface area contributed by atoms with Crippen LogP contribution >= 0.6 is 0 Å². The number of benzene rings is 3. The minimum Gasteiger partial charge on any atom is -0.497 e. The minimum atomic E-state index is -0.217. The highest BCUT2D eigenvalue weighted by Crippen LogP contribution is 2.28. The monoisotopic (exact) mass is 550 g/mol. The number of aromatic nitrogens is 3. The van der Waals surface area contributed by atoms with Crippen LogP contribution in [0.3, 0.4) is 0 Å². The van der Waals surface area contributed by atoms with Crippen LogP contribution in [0.5, 0.6) is 5.75 Å². The average Bonchev–Trinajstić information content (AvgIpc) is 3.60. The number of Topliss-reactive ketones (excluding diaryl/α,β-unsaturated/α-hetero) is 1. The molecule has 212 valence electrons. The van der Waals surface area contributed by atoms with Gasteiger partial charge in [0.25, 0.3) is 0 Å². The molecule has 0 aliphatic carbocycles. The van der Waals surface area contributed by atoms with Gasteiger partial charge in [0.2, 0.25) is 5.91 Å². The van der Waals surface area contributed by atoms with E-state index >= 15 is 0 Å². The summed E-state index contributed by atoms with van der Waals surface area (Å²) in [6.07, 6.45) is 6.75. The van der Waals surface area contributed by atoms with Crippen molar-refractivity contribution in [2.45, 2.75) is 64.8 Å². The molecule has 3 aromatic carbocycles. The molecule has 5 rings (SSSR count). The zero-order valence-corrected chi connectivity index (χ0v) is 24.0. The topological polar surface area (TPSA) is 99.9 Å². The first-order chi connectivity index (χ1) is 19.9. The molecule has 1 amide bonds. The summed E-state index contributed by atoms with van der Waals surface area (Å²) in [6.45, 7) is 3.90. The predicted molar refractivity (Wildman–Crippen MR) is 164 cm³/mol. The highest BCUT2D eigenvalue weighted by atomic mass is 16.5. The molecule has 1 unspecified atom stereocenters. The number of methoxy groups -OCH3 is 1. The SMILES string of the molecule is CCC(=O)CCCCCC(NC(=O)Cc1c(C)[nH]c2ccc(OC)cc12)c1cnc(-c2ccc3ccccc3c2)[nH]1. The molecule has 3 N–H and O–H groups in total. The van der Waals surface area contributed by atoms with Crippen LogP contribution in [0.1, 0.15) is 68.4 Å². The predicted octanol–water partition coefficient (Wildman–Crippen LogP) is 7.36. The van der Waals surface area contributed by atoms with E-state index in [1.807, 2.05) is 50.4 Å². The Morgan fingerprint density at radius 3 is 2.61 bits per heavy atom. The maximum atomic E-state index is 13.4. The summed E-state index contributed by atoms with van der Waals surface area (Å²) in [7, 11) is 1.65. The van der Waals surface area contributed by atoms with Gasteiger partial charge in [-0.1, -0.05) is 56.2 Å². The molecular weight excluding hydrogens is 512 g/mol. The lowest BCUT2D eigenvalue weighted by Crippen LogP contribution is -2.30. The van der Waals surface area contributed by atoms with E-state index in [2.05, 4.69) is 50.6 Å². The fourth-order valence-corrected chi connectivity index (χ4v) is 5.45. The van der Waals surface area contributed by atoms with Gasteiger partial charge in [-0.25, -0.2) is 4.98 Å². The van der Waals surface area contributed by atoms with E-state index in [-0.39, 0.29) is 18.4 Å². The van der Waals surface area contributed by atoms with E-state index in [0.717, 1.165) is 76.1 Å². The molecule has 1 atom stereocenters. The number of ketones is 1. The lowest BCUT2D eigenvalue weighted by Gasteiger charge is -2.18. The maximum Gasteiger partial charge on any atom is 0.225 e. The summed E-state index contributed by atoms with van der Waals surface area (Å²) in [4.78, 5) is 36.7. The summed E-state index contributed by atoms with van der Waals surface area (Å²) in [5.74, 6) is 1.79. The third-order valence-electron chi connectivity index (χ3n) is 7.84. The van der Waals surface area contributed by atoms with E-state index in [1.54, 1.807) is 7.11 Å². The molecule has 2 heterocycles. The van der Waals surface area contributed by atoms with Gasteiger partial charge in [-0.05, 0) is 60.4 Å². The van der Waals surface area contributed by atoms with E-state index in [4.69, 9.17) is 4.74 Å². The molecule has 0 saturated carbocycles. The molecule has 7 heteroatoms. The molecule has 0 radical (unpaired) electrons. The van der Waals surface area contributed by atoms with Crippen molar-refractivity contribution in [3.63, 3.8) is 0 Å². The van der Waals surface area contributed by atoms with E-state index in [1.165, 1.54) is 5.39 Å². The van der Waals surface area contributed by atoms with Crippen LogP contribution in [-0.4, -0.2) is 33.8 Å². The third-order valence-corrected chi connectivity index (χ3v) is 7.84. The van der Waals surface area contributed by atoms with E-state index in [9.17, 15) is 9.59 Å². The van der Waals surface area contributed by atoms with Crippen LogP contribution < -0.4 is 10.1 Å². The largest absolute Gasteiger partial charge is 0.497 e. The molecule has 0 aliphatic rings. The molecule has 41 heavy (non-hydrogen) atoms. The van der Waals surface area contributed by atoms with Crippen molar-refractivity contribution in [3.8, 4) is 17.1 Å². The molecule has 7 nitrogen and oxygen atoms in total. The van der Waals surface area contributed by atoms with Crippen LogP contribution in [0.25, 0.3) is 33.1 Å². The van der Waals surface area contributed by atoms with Crippen LogP contribution in [0, 0.1) is 6.92 Å². The third kappa shape index (κ3) is 6.68. The van der Waals surface area contributed by atoms with Gasteiger partial charge in [-0.15, -0.1) is 0 Å². The quantitative estimate of drug-likeness (QED) is 0.133. The molecule has 0 spiro atoms. The Morgan fingerprint density at radius 1 is 0.976 bits per heavy atom. The van der Waals surface area contributed by atoms with Crippen LogP contribution in [-0.2, 0) is 16.0 Å². The van der Waals surface area contributed by atoms with Crippen molar-refractivity contribution < 1.29 is 14.3 Å². The van der Waals surface area contributed by atoms with Gasteiger partial charge >= 0.3 is 0 Å². The summed E-state index contributed by atoms with van der Waals surface area (Å²) in [6, 6.07) is 20.2. The fourth-order valence-electron chi connectivity index (χ4n) is 5.45. The maximum absolute atomic E-state index is 13.4. The summed E-state index contributed by atoms with van der Waals surface area (Å²) >= 11 is 0. The number of H-pyrrole nitrogens is 2. The zero-order chi connectivity index (χ0) is 28.8. The van der Waals surface area contributed by atoms with Crippen molar-refractivity contribution in [3.05, 3.63) is 83.8 Å². The van der Waals surface area contributed by atoms with Gasteiger partial charge in [0.15, 0.2) is 0 Å². The molecular formula is C34H38N4O3. The second-order valence-electron chi connectivity index (χ2n) is 10.7. The average molecular weight is 551 g/mol. The highest BCUT2D eigenvalue weighted by Gasteiger charge is 2.20. The van der Waals surface area contributed by atoms with Crippen molar-refractivity contribution in [2.24, 2.45) is 0 Å². The minimum absolute atomic E-state index is 0.0511. The van der Waals surface area contributed by atoms with E-state index in [0.29, 0.717) is 18.6 Å². The number of ether oxygens (including phenoxy) is 1. The zero-order valence-electron chi connectivity index (χ0n) is 24.0. The second-order valence-corrected chi connectivity index (χ2v) is 10.7. The molecule has 0 bridgehead atoms. The smallest absolute Gasteiger partial charge is 0.225 e. The first-order valence-electron chi connectivity index (χ1n) is 14.5. The Bertz CT molecular complexity index is 1670. The fraction of sp³-hybridized carbons (Fsp3) is 0.324. The number of hydrogen-bond donors (Lipinski definition) is 3. The first kappa shape index (κ1) is 28.1. The molecule has 5 aromatic rings. The number of aryl methyl sites for hydroxylation is 1. The summed E-state index contributed by atoms with van der Waals surface area (Å²) in [5, 5.41) is 6.60. The normalized spacial score (nSPS) is 12.1. The van der Waals surface area contributed by atoms with Gasteiger partial charge in [0.05, 0.1) is 31.5 Å². The van der Waals surface area contributed by atoms with Crippen LogP contribution in [0.4, 0.5) is 0 Å². The molecule has 0 saturated heterocycles. The lowest BCUT2D eigenvalue weighted by atomic mass is 10.0. The van der Waals surface area contributed by atoms with E-state index < -0.39 is 0 Å². The van der Waals surface area contributed by atoms with Gasteiger partial charge in [-0.2, -0.15) is 0 Å². The Labute approximate surface area is 240 Å². The number of unbranched alkanes of at least 4 members (excludes halogenated alkanes) is 2. The van der Waals surface area contributed by atoms with Crippen molar-refractivity contribution in [1.82, 2.24) is 20.3 Å². The highest BCUT2D eigenvalue weighted by molar-refractivity contribution is 5.91. The Kier molecular flexibility index (Phi) is 8.82. The number of nitrogens with zero attached hydrogens (tertiary/aromatic N) is 1. The van der Waals surface area contributed by atoms with Crippen LogP contribution in [0.2, 0.25) is 0 Å². The standard InChI is InChI=1S/C34H38N4O3/c1-4-26(39)12-6-5-7-13-31(32-21-35-34(38-32)25-15-14-23-10-8-9-11-24(23)18-25)37-33(40)20-28-22(2)36-30-17-16-27(41-3)19-29(28)30/h8-11,14-19,21,31,36H,4-7,12-13,20H2,1-3H3,(H,35,38)(H,37,40). The summed E-state index contributed by atoms with van der Waals surface area (Å²) in [5.41, 5.74) is 4.80. The number of carbonyl (C=O) groups is 2. The van der Waals surface area contributed by atoms with Crippen molar-refractivity contribution >= 4 is 33.4 Å². The Morgan fingerprint density at radius 2 is 1.80 bits per heavy atom. The number of fused-ring (bicyclic) bond motifs is 2. The number of carbonyl (C=O) groups excluding carboxylic acids is 2. The number of imidazole rings is 1. The van der Waals surface area contributed by atoms with Gasteiger partial charge in [0.1, 0.15) is 17.4 Å². The van der Waals surface area contributed by atoms with Crippen molar-refractivity contribution in [2.75, 3.05) is 7.11 Å².